The molecule has 1 unspecified atom stereocenters. The predicted molar refractivity (Wildman–Crippen MR) is 82.2 cm³/mol. The zero-order chi connectivity index (χ0) is 15.7. The number of nitrogens with one attached hydrogen (secondary N) is 3. The highest BCUT2D eigenvalue weighted by atomic mass is 16.4. The molecule has 1 aliphatic rings. The SMILES string of the molecule is CC(C)CC(CNC(=O)NCCCNC1CC1)CC(=O)O. The fourth-order valence-corrected chi connectivity index (χ4v) is 2.34. The third-order valence-corrected chi connectivity index (χ3v) is 3.47. The van der Waals surface area contributed by atoms with Gasteiger partial charge in [-0.25, -0.2) is 4.79 Å². The molecule has 0 aromatic carbocycles. The third-order valence-electron chi connectivity index (χ3n) is 3.47. The molecule has 4 N–H and O–H groups in total. The largest absolute Gasteiger partial charge is 0.481 e. The summed E-state index contributed by atoms with van der Waals surface area (Å²) in [5.41, 5.74) is 0. The molecule has 0 radical (unpaired) electrons. The highest BCUT2D eigenvalue weighted by Gasteiger charge is 2.19. The minimum Gasteiger partial charge on any atom is -0.481 e. The van der Waals surface area contributed by atoms with Crippen molar-refractivity contribution in [2.75, 3.05) is 19.6 Å². The molecule has 1 saturated carbocycles. The number of hydrogen-bond acceptors (Lipinski definition) is 3. The van der Waals surface area contributed by atoms with Gasteiger partial charge in [0.25, 0.3) is 0 Å². The number of carboxylic acid groups (broad SMARTS) is 1. The summed E-state index contributed by atoms with van der Waals surface area (Å²) in [6.07, 6.45) is 4.36. The lowest BCUT2D eigenvalue weighted by Crippen LogP contribution is -2.39. The second-order valence-corrected chi connectivity index (χ2v) is 6.31. The van der Waals surface area contributed by atoms with Gasteiger partial charge in [0.05, 0.1) is 0 Å². The van der Waals surface area contributed by atoms with Gasteiger partial charge >= 0.3 is 12.0 Å². The number of carbonyl (C=O) groups excluding carboxylic acids is 1. The zero-order valence-electron chi connectivity index (χ0n) is 13.2. The molecule has 1 rings (SSSR count). The van der Waals surface area contributed by atoms with Crippen LogP contribution in [0.25, 0.3) is 0 Å². The van der Waals surface area contributed by atoms with Crippen LogP contribution in [0.1, 0.15) is 46.0 Å². The first-order chi connectivity index (χ1) is 9.97. The van der Waals surface area contributed by atoms with Crippen molar-refractivity contribution in [2.45, 2.75) is 52.0 Å². The van der Waals surface area contributed by atoms with Crippen LogP contribution in [-0.4, -0.2) is 42.8 Å². The highest BCUT2D eigenvalue weighted by molar-refractivity contribution is 5.74. The number of carboxylic acids is 1. The van der Waals surface area contributed by atoms with Gasteiger partial charge in [-0.05, 0) is 44.1 Å². The Balaban J connectivity index is 2.08. The van der Waals surface area contributed by atoms with Crippen LogP contribution in [0.15, 0.2) is 0 Å². The summed E-state index contributed by atoms with van der Waals surface area (Å²) in [7, 11) is 0. The molecule has 2 amide bonds. The van der Waals surface area contributed by atoms with Crippen LogP contribution in [0.5, 0.6) is 0 Å². The van der Waals surface area contributed by atoms with E-state index in [9.17, 15) is 9.59 Å². The third kappa shape index (κ3) is 10.1. The quantitative estimate of drug-likeness (QED) is 0.436. The van der Waals surface area contributed by atoms with Gasteiger partial charge in [-0.2, -0.15) is 0 Å². The average Bonchev–Trinajstić information content (AvgIpc) is 3.18. The Kier molecular flexibility index (Phi) is 8.12. The van der Waals surface area contributed by atoms with Crippen LogP contribution in [0.3, 0.4) is 0 Å². The maximum atomic E-state index is 11.6. The van der Waals surface area contributed by atoms with Crippen molar-refractivity contribution >= 4 is 12.0 Å². The summed E-state index contributed by atoms with van der Waals surface area (Å²) in [6, 6.07) is 0.493. The molecule has 6 heteroatoms. The van der Waals surface area contributed by atoms with E-state index in [-0.39, 0.29) is 18.4 Å². The first-order valence-electron chi connectivity index (χ1n) is 7.94. The number of hydrogen-bond donors (Lipinski definition) is 4. The fourth-order valence-electron chi connectivity index (χ4n) is 2.34. The molecular formula is C15H29N3O3. The van der Waals surface area contributed by atoms with Crippen molar-refractivity contribution < 1.29 is 14.7 Å². The van der Waals surface area contributed by atoms with E-state index in [0.29, 0.717) is 25.0 Å². The van der Waals surface area contributed by atoms with Crippen LogP contribution in [0.4, 0.5) is 4.79 Å². The van der Waals surface area contributed by atoms with E-state index >= 15 is 0 Å². The fraction of sp³-hybridized carbons (Fsp3) is 0.867. The van der Waals surface area contributed by atoms with Crippen molar-refractivity contribution in [3.05, 3.63) is 0 Å². The molecule has 0 bridgehead atoms. The standard InChI is InChI=1S/C15H29N3O3/c1-11(2)8-12(9-14(19)20)10-18-15(21)17-7-3-6-16-13-4-5-13/h11-13,16H,3-10H2,1-2H3,(H,19,20)(H2,17,18,21). The minimum atomic E-state index is -0.811. The molecule has 0 saturated heterocycles. The lowest BCUT2D eigenvalue weighted by atomic mass is 9.94. The first-order valence-corrected chi connectivity index (χ1v) is 7.94. The zero-order valence-corrected chi connectivity index (χ0v) is 13.2. The molecular weight excluding hydrogens is 270 g/mol. The van der Waals surface area contributed by atoms with Crippen molar-refractivity contribution in [3.63, 3.8) is 0 Å². The van der Waals surface area contributed by atoms with Crippen LogP contribution in [0.2, 0.25) is 0 Å². The molecule has 0 heterocycles. The Bertz CT molecular complexity index is 330. The molecule has 1 fully saturated rings. The van der Waals surface area contributed by atoms with Gasteiger partial charge in [0.2, 0.25) is 0 Å². The molecule has 122 valence electrons. The summed E-state index contributed by atoms with van der Waals surface area (Å²) in [5, 5.41) is 17.8. The van der Waals surface area contributed by atoms with Crippen LogP contribution < -0.4 is 16.0 Å². The smallest absolute Gasteiger partial charge is 0.314 e. The maximum Gasteiger partial charge on any atom is 0.314 e. The van der Waals surface area contributed by atoms with Gasteiger partial charge in [0, 0.05) is 25.6 Å². The molecule has 0 aromatic heterocycles. The lowest BCUT2D eigenvalue weighted by molar-refractivity contribution is -0.138. The van der Waals surface area contributed by atoms with E-state index < -0.39 is 5.97 Å². The molecule has 1 atom stereocenters. The summed E-state index contributed by atoms with van der Waals surface area (Å²) < 4.78 is 0. The van der Waals surface area contributed by atoms with E-state index in [1.54, 1.807) is 0 Å². The summed E-state index contributed by atoms with van der Waals surface area (Å²) in [6.45, 7) is 6.10. The highest BCUT2D eigenvalue weighted by Crippen LogP contribution is 2.18. The van der Waals surface area contributed by atoms with Crippen LogP contribution in [-0.2, 0) is 4.79 Å². The lowest BCUT2D eigenvalue weighted by Gasteiger charge is -2.18. The summed E-state index contributed by atoms with van der Waals surface area (Å²) in [5.74, 6) is -0.397. The molecule has 0 aliphatic heterocycles. The Morgan fingerprint density at radius 2 is 1.90 bits per heavy atom. The Labute approximate surface area is 127 Å². The molecule has 6 nitrogen and oxygen atoms in total. The van der Waals surface area contributed by atoms with E-state index in [2.05, 4.69) is 29.8 Å². The minimum absolute atomic E-state index is 0.00946. The Hall–Kier alpha value is -1.30. The van der Waals surface area contributed by atoms with Crippen LogP contribution in [0, 0.1) is 11.8 Å². The molecule has 0 aromatic rings. The van der Waals surface area contributed by atoms with E-state index in [1.807, 2.05) is 0 Å². The van der Waals surface area contributed by atoms with Gasteiger partial charge < -0.3 is 21.1 Å². The normalized spacial score (nSPS) is 15.8. The van der Waals surface area contributed by atoms with Gasteiger partial charge in [0.15, 0.2) is 0 Å². The van der Waals surface area contributed by atoms with Crippen molar-refractivity contribution in [2.24, 2.45) is 11.8 Å². The van der Waals surface area contributed by atoms with Crippen LogP contribution >= 0.6 is 0 Å². The molecule has 21 heavy (non-hydrogen) atoms. The predicted octanol–water partition coefficient (Wildman–Crippen LogP) is 1.56. The Morgan fingerprint density at radius 1 is 1.19 bits per heavy atom. The van der Waals surface area contributed by atoms with Gasteiger partial charge in [-0.1, -0.05) is 13.8 Å². The van der Waals surface area contributed by atoms with Gasteiger partial charge in [-0.15, -0.1) is 0 Å². The molecule has 0 spiro atoms. The van der Waals surface area contributed by atoms with E-state index in [4.69, 9.17) is 5.11 Å². The van der Waals surface area contributed by atoms with E-state index in [1.165, 1.54) is 12.8 Å². The number of amides is 2. The second kappa shape index (κ2) is 9.60. The maximum absolute atomic E-state index is 11.6. The Morgan fingerprint density at radius 3 is 2.48 bits per heavy atom. The molecule has 1 aliphatic carbocycles. The number of aliphatic carboxylic acids is 1. The van der Waals surface area contributed by atoms with Gasteiger partial charge in [0.1, 0.15) is 0 Å². The number of urea groups is 1. The monoisotopic (exact) mass is 299 g/mol. The van der Waals surface area contributed by atoms with Gasteiger partial charge in [-0.3, -0.25) is 4.79 Å². The topological polar surface area (TPSA) is 90.5 Å². The average molecular weight is 299 g/mol. The van der Waals surface area contributed by atoms with E-state index in [0.717, 1.165) is 19.4 Å². The van der Waals surface area contributed by atoms with Crippen molar-refractivity contribution in [1.82, 2.24) is 16.0 Å². The summed E-state index contributed by atoms with van der Waals surface area (Å²) >= 11 is 0. The van der Waals surface area contributed by atoms with Crippen molar-refractivity contribution in [1.29, 1.82) is 0 Å². The first kappa shape index (κ1) is 17.8. The van der Waals surface area contributed by atoms with Crippen molar-refractivity contribution in [3.8, 4) is 0 Å². The summed E-state index contributed by atoms with van der Waals surface area (Å²) in [4.78, 5) is 22.4. The second-order valence-electron chi connectivity index (χ2n) is 6.31. The number of carbonyl (C=O) groups is 2. The number of rotatable bonds is 11.